The van der Waals surface area contributed by atoms with Crippen molar-refractivity contribution in [2.75, 3.05) is 25.1 Å². The minimum Gasteiger partial charge on any atom is -0.352 e. The van der Waals surface area contributed by atoms with Crippen LogP contribution in [0.5, 0.6) is 0 Å². The van der Waals surface area contributed by atoms with Gasteiger partial charge in [-0.2, -0.15) is 11.8 Å². The minimum absolute atomic E-state index is 0.267. The molecule has 1 heterocycles. The highest BCUT2D eigenvalue weighted by Crippen LogP contribution is 2.42. The molecule has 1 aliphatic heterocycles. The Balaban J connectivity index is 1.55. The summed E-state index contributed by atoms with van der Waals surface area (Å²) >= 11 is 1.76. The minimum atomic E-state index is 0.267. The first kappa shape index (κ1) is 14.7. The highest BCUT2D eigenvalue weighted by atomic mass is 32.2. The number of amides is 1. The van der Waals surface area contributed by atoms with Gasteiger partial charge in [0.15, 0.2) is 0 Å². The Morgan fingerprint density at radius 3 is 2.60 bits per heavy atom. The second kappa shape index (κ2) is 6.69. The second-order valence-electron chi connectivity index (χ2n) is 6.81. The Morgan fingerprint density at radius 2 is 1.95 bits per heavy atom. The lowest BCUT2D eigenvalue weighted by molar-refractivity contribution is -0.121. The van der Waals surface area contributed by atoms with Crippen molar-refractivity contribution in [3.8, 4) is 0 Å². The van der Waals surface area contributed by atoms with Gasteiger partial charge in [-0.15, -0.1) is 0 Å². The number of nitrogens with one attached hydrogen (secondary N) is 1. The fraction of sp³-hybridized carbons (Fsp3) is 0.938. The first-order valence-electron chi connectivity index (χ1n) is 8.30. The molecule has 114 valence electrons. The number of rotatable bonds is 6. The van der Waals surface area contributed by atoms with Gasteiger partial charge in [-0.3, -0.25) is 9.69 Å². The van der Waals surface area contributed by atoms with E-state index in [9.17, 15) is 4.79 Å². The molecule has 4 heteroatoms. The Morgan fingerprint density at radius 1 is 1.20 bits per heavy atom. The highest BCUT2D eigenvalue weighted by Gasteiger charge is 2.44. The van der Waals surface area contributed by atoms with Crippen LogP contribution in [0.25, 0.3) is 0 Å². The summed E-state index contributed by atoms with van der Waals surface area (Å²) in [6.07, 6.45) is 11.1. The van der Waals surface area contributed by atoms with Gasteiger partial charge in [0.1, 0.15) is 0 Å². The van der Waals surface area contributed by atoms with E-state index in [1.807, 2.05) is 0 Å². The zero-order valence-electron chi connectivity index (χ0n) is 12.6. The van der Waals surface area contributed by atoms with Gasteiger partial charge in [0.05, 0.1) is 0 Å². The molecule has 0 spiro atoms. The predicted molar refractivity (Wildman–Crippen MR) is 85.0 cm³/mol. The van der Waals surface area contributed by atoms with Gasteiger partial charge >= 0.3 is 0 Å². The molecule has 0 aromatic rings. The summed E-state index contributed by atoms with van der Waals surface area (Å²) in [6.45, 7) is 2.35. The molecule has 2 aliphatic carbocycles. The van der Waals surface area contributed by atoms with Crippen molar-refractivity contribution in [3.63, 3.8) is 0 Å². The monoisotopic (exact) mass is 296 g/mol. The second-order valence-corrected chi connectivity index (χ2v) is 7.80. The van der Waals surface area contributed by atoms with Crippen molar-refractivity contribution in [2.24, 2.45) is 11.8 Å². The Bertz CT molecular complexity index is 339. The van der Waals surface area contributed by atoms with E-state index < -0.39 is 0 Å². The molecule has 1 N–H and O–H groups in total. The van der Waals surface area contributed by atoms with Gasteiger partial charge in [0.25, 0.3) is 0 Å². The lowest BCUT2D eigenvalue weighted by Crippen LogP contribution is -2.42. The van der Waals surface area contributed by atoms with Gasteiger partial charge in [0, 0.05) is 37.3 Å². The largest absolute Gasteiger partial charge is 0.352 e. The van der Waals surface area contributed by atoms with Crippen LogP contribution in [0.15, 0.2) is 0 Å². The molecule has 2 atom stereocenters. The van der Waals surface area contributed by atoms with Gasteiger partial charge in [0.2, 0.25) is 5.91 Å². The number of carbonyl (C=O) groups is 1. The predicted octanol–water partition coefficient (Wildman–Crippen LogP) is 2.51. The third-order valence-corrected chi connectivity index (χ3v) is 5.95. The lowest BCUT2D eigenvalue weighted by Gasteiger charge is -2.23. The Kier molecular flexibility index (Phi) is 4.92. The third kappa shape index (κ3) is 3.51. The van der Waals surface area contributed by atoms with E-state index in [-0.39, 0.29) is 5.91 Å². The Hall–Kier alpha value is -0.220. The molecule has 2 saturated carbocycles. The van der Waals surface area contributed by atoms with Crippen LogP contribution >= 0.6 is 11.8 Å². The van der Waals surface area contributed by atoms with Crippen molar-refractivity contribution < 1.29 is 4.79 Å². The summed E-state index contributed by atoms with van der Waals surface area (Å²) in [5.74, 6) is 2.84. The molecule has 0 bridgehead atoms. The van der Waals surface area contributed by atoms with E-state index in [4.69, 9.17) is 0 Å². The molecule has 1 saturated heterocycles. The molecule has 3 rings (SSSR count). The van der Waals surface area contributed by atoms with Crippen LogP contribution in [0.1, 0.15) is 44.9 Å². The molecular weight excluding hydrogens is 268 g/mol. The number of nitrogens with zero attached hydrogens (tertiary/aromatic N) is 1. The normalized spacial score (nSPS) is 31.9. The van der Waals surface area contributed by atoms with Crippen molar-refractivity contribution in [2.45, 2.75) is 57.0 Å². The smallest absolute Gasteiger partial charge is 0.221 e. The summed E-state index contributed by atoms with van der Waals surface area (Å²) in [4.78, 5) is 14.7. The number of hydrogen-bond donors (Lipinski definition) is 1. The molecule has 0 aromatic carbocycles. The molecule has 0 unspecified atom stereocenters. The summed E-state index contributed by atoms with van der Waals surface area (Å²) < 4.78 is 0. The fourth-order valence-corrected chi connectivity index (χ4v) is 4.45. The zero-order chi connectivity index (χ0) is 13.9. The highest BCUT2D eigenvalue weighted by molar-refractivity contribution is 7.98. The molecule has 0 aromatic heterocycles. The van der Waals surface area contributed by atoms with Crippen LogP contribution in [-0.4, -0.2) is 48.0 Å². The van der Waals surface area contributed by atoms with Gasteiger partial charge < -0.3 is 5.32 Å². The van der Waals surface area contributed by atoms with Crippen LogP contribution in [0, 0.1) is 11.8 Å². The molecule has 3 aliphatic rings. The van der Waals surface area contributed by atoms with E-state index in [1.54, 1.807) is 11.8 Å². The van der Waals surface area contributed by atoms with E-state index in [0.717, 1.165) is 30.2 Å². The maximum atomic E-state index is 12.0. The van der Waals surface area contributed by atoms with Gasteiger partial charge in [-0.05, 0) is 43.8 Å². The first-order valence-corrected chi connectivity index (χ1v) is 9.69. The maximum absolute atomic E-state index is 12.0. The fourth-order valence-electron chi connectivity index (χ4n) is 4.06. The molecule has 0 radical (unpaired) electrons. The molecule has 20 heavy (non-hydrogen) atoms. The van der Waals surface area contributed by atoms with Crippen LogP contribution in [-0.2, 0) is 4.79 Å². The van der Waals surface area contributed by atoms with E-state index in [0.29, 0.717) is 12.5 Å². The van der Waals surface area contributed by atoms with E-state index in [2.05, 4.69) is 16.5 Å². The van der Waals surface area contributed by atoms with Gasteiger partial charge in [-0.25, -0.2) is 0 Å². The van der Waals surface area contributed by atoms with Crippen molar-refractivity contribution in [1.82, 2.24) is 10.2 Å². The molecule has 3 fully saturated rings. The standard InChI is InChI=1S/C16H28N2OS/c1-20-9-8-16(19)17-15-11-18(13-4-2-3-5-13)10-14(15)12-6-7-12/h12-15H,2-11H2,1H3,(H,17,19)/t14-,15+/m0/s1. The summed E-state index contributed by atoms with van der Waals surface area (Å²) in [5.41, 5.74) is 0. The quantitative estimate of drug-likeness (QED) is 0.817. The third-order valence-electron chi connectivity index (χ3n) is 5.34. The maximum Gasteiger partial charge on any atom is 0.221 e. The SMILES string of the molecule is CSCCC(=O)N[C@@H]1CN(C2CCCC2)C[C@H]1C1CC1. The van der Waals surface area contributed by atoms with Gasteiger partial charge in [-0.1, -0.05) is 12.8 Å². The van der Waals surface area contributed by atoms with Crippen molar-refractivity contribution in [1.29, 1.82) is 0 Å². The lowest BCUT2D eigenvalue weighted by atomic mass is 9.98. The van der Waals surface area contributed by atoms with Crippen LogP contribution in [0.4, 0.5) is 0 Å². The molecule has 1 amide bonds. The number of likely N-dealkylation sites (tertiary alicyclic amines) is 1. The average Bonchev–Trinajstić information content (AvgIpc) is 2.99. The topological polar surface area (TPSA) is 32.3 Å². The van der Waals surface area contributed by atoms with Crippen LogP contribution in [0.2, 0.25) is 0 Å². The summed E-state index contributed by atoms with van der Waals surface area (Å²) in [7, 11) is 0. The van der Waals surface area contributed by atoms with Crippen molar-refractivity contribution in [3.05, 3.63) is 0 Å². The van der Waals surface area contributed by atoms with Crippen LogP contribution < -0.4 is 5.32 Å². The average molecular weight is 296 g/mol. The number of hydrogen-bond acceptors (Lipinski definition) is 3. The number of carbonyl (C=O) groups excluding carboxylic acids is 1. The van der Waals surface area contributed by atoms with E-state index in [1.165, 1.54) is 45.1 Å². The van der Waals surface area contributed by atoms with Crippen LogP contribution in [0.3, 0.4) is 0 Å². The van der Waals surface area contributed by atoms with Crippen molar-refractivity contribution >= 4 is 17.7 Å². The summed E-state index contributed by atoms with van der Waals surface area (Å²) in [5, 5.41) is 3.34. The number of thioether (sulfide) groups is 1. The zero-order valence-corrected chi connectivity index (χ0v) is 13.5. The first-order chi connectivity index (χ1) is 9.78. The molecular formula is C16H28N2OS. The Labute approximate surface area is 127 Å². The summed E-state index contributed by atoms with van der Waals surface area (Å²) in [6, 6.07) is 1.24. The molecule has 3 nitrogen and oxygen atoms in total. The van der Waals surface area contributed by atoms with E-state index >= 15 is 0 Å².